The number of carbonyl (C=O) groups excluding carboxylic acids is 1. The topological polar surface area (TPSA) is 86.6 Å². The number of rotatable bonds is 6. The maximum absolute atomic E-state index is 12.2. The van der Waals surface area contributed by atoms with Crippen molar-refractivity contribution in [3.8, 4) is 0 Å². The Morgan fingerprint density at radius 1 is 1.16 bits per heavy atom. The molecule has 5 heteroatoms. The van der Waals surface area contributed by atoms with Crippen LogP contribution in [0.15, 0.2) is 0 Å². The third-order valence-corrected chi connectivity index (χ3v) is 4.66. The fraction of sp³-hybridized carbons (Fsp3) is 0.857. The predicted octanol–water partition coefficient (Wildman–Crippen LogP) is 1.16. The zero-order valence-corrected chi connectivity index (χ0v) is 11.2. The molecule has 0 aromatic carbocycles. The normalized spacial score (nSPS) is 28.7. The molecule has 0 bridgehead atoms. The van der Waals surface area contributed by atoms with Crippen LogP contribution in [-0.4, -0.2) is 35.2 Å². The summed E-state index contributed by atoms with van der Waals surface area (Å²) in [4.78, 5) is 23.3. The van der Waals surface area contributed by atoms with E-state index in [0.29, 0.717) is 19.4 Å². The summed E-state index contributed by atoms with van der Waals surface area (Å²) in [7, 11) is 0. The highest BCUT2D eigenvalue weighted by Gasteiger charge is 2.43. The lowest BCUT2D eigenvalue weighted by atomic mass is 9.78. The van der Waals surface area contributed by atoms with Crippen molar-refractivity contribution in [3.05, 3.63) is 0 Å². The molecule has 0 aromatic heterocycles. The van der Waals surface area contributed by atoms with Gasteiger partial charge in [0.25, 0.3) is 0 Å². The Morgan fingerprint density at radius 3 is 2.32 bits per heavy atom. The molecule has 108 valence electrons. The standard InChI is InChI=1S/C14H23NO4/c16-8-7-14(5-6-14)9-15-12(17)10-3-1-2-4-11(10)13(18)19/h10-11,16H,1-9H2,(H,15,17)(H,18,19)/t10-,11+/m1/s1. The first-order valence-electron chi connectivity index (χ1n) is 7.19. The minimum atomic E-state index is -0.851. The van der Waals surface area contributed by atoms with Gasteiger partial charge in [-0.2, -0.15) is 0 Å². The van der Waals surface area contributed by atoms with E-state index in [1.807, 2.05) is 0 Å². The van der Waals surface area contributed by atoms with Gasteiger partial charge in [0.1, 0.15) is 0 Å². The highest BCUT2D eigenvalue weighted by Crippen LogP contribution is 2.48. The van der Waals surface area contributed by atoms with Crippen LogP contribution in [-0.2, 0) is 9.59 Å². The molecule has 2 saturated carbocycles. The third-order valence-electron chi connectivity index (χ3n) is 4.66. The van der Waals surface area contributed by atoms with Crippen molar-refractivity contribution < 1.29 is 19.8 Å². The summed E-state index contributed by atoms with van der Waals surface area (Å²) in [6.07, 6.45) is 5.92. The van der Waals surface area contributed by atoms with Crippen LogP contribution in [0.2, 0.25) is 0 Å². The lowest BCUT2D eigenvalue weighted by molar-refractivity contribution is -0.149. The Balaban J connectivity index is 1.86. The third kappa shape index (κ3) is 3.47. The van der Waals surface area contributed by atoms with Crippen LogP contribution in [0.25, 0.3) is 0 Å². The van der Waals surface area contributed by atoms with Gasteiger partial charge in [-0.05, 0) is 37.5 Å². The molecule has 2 rings (SSSR count). The molecule has 19 heavy (non-hydrogen) atoms. The maximum atomic E-state index is 12.2. The lowest BCUT2D eigenvalue weighted by Crippen LogP contribution is -2.41. The molecule has 3 N–H and O–H groups in total. The zero-order chi connectivity index (χ0) is 13.9. The van der Waals surface area contributed by atoms with E-state index in [2.05, 4.69) is 5.32 Å². The van der Waals surface area contributed by atoms with E-state index >= 15 is 0 Å². The second-order valence-corrected chi connectivity index (χ2v) is 6.03. The molecule has 1 amide bonds. The molecule has 5 nitrogen and oxygen atoms in total. The first kappa shape index (κ1) is 14.3. The molecular weight excluding hydrogens is 246 g/mol. The summed E-state index contributed by atoms with van der Waals surface area (Å²) in [5, 5.41) is 21.1. The van der Waals surface area contributed by atoms with Gasteiger partial charge in [-0.1, -0.05) is 12.8 Å². The molecule has 0 radical (unpaired) electrons. The highest BCUT2D eigenvalue weighted by atomic mass is 16.4. The average Bonchev–Trinajstić information content (AvgIpc) is 3.17. The van der Waals surface area contributed by atoms with E-state index in [9.17, 15) is 9.59 Å². The molecule has 0 unspecified atom stereocenters. The van der Waals surface area contributed by atoms with Gasteiger partial charge in [0.05, 0.1) is 11.8 Å². The highest BCUT2D eigenvalue weighted by molar-refractivity contribution is 5.84. The number of carbonyl (C=O) groups is 2. The summed E-state index contributed by atoms with van der Waals surface area (Å²) in [6, 6.07) is 0. The molecule has 0 heterocycles. The monoisotopic (exact) mass is 269 g/mol. The van der Waals surface area contributed by atoms with E-state index in [1.54, 1.807) is 0 Å². The molecule has 2 atom stereocenters. The Hall–Kier alpha value is -1.10. The zero-order valence-electron chi connectivity index (χ0n) is 11.2. The number of aliphatic hydroxyl groups is 1. The quantitative estimate of drug-likeness (QED) is 0.675. The number of carboxylic acids is 1. The summed E-state index contributed by atoms with van der Waals surface area (Å²) >= 11 is 0. The Kier molecular flexibility index (Phi) is 4.45. The first-order valence-corrected chi connectivity index (χ1v) is 7.19. The van der Waals surface area contributed by atoms with Gasteiger partial charge >= 0.3 is 5.97 Å². The van der Waals surface area contributed by atoms with Crippen molar-refractivity contribution in [3.63, 3.8) is 0 Å². The molecule has 0 aliphatic heterocycles. The van der Waals surface area contributed by atoms with E-state index in [0.717, 1.165) is 32.1 Å². The van der Waals surface area contributed by atoms with Gasteiger partial charge in [0.15, 0.2) is 0 Å². The van der Waals surface area contributed by atoms with Crippen molar-refractivity contribution in [1.82, 2.24) is 5.32 Å². The van der Waals surface area contributed by atoms with Crippen LogP contribution in [0.5, 0.6) is 0 Å². The Morgan fingerprint density at radius 2 is 1.79 bits per heavy atom. The number of aliphatic hydroxyl groups excluding tert-OH is 1. The first-order chi connectivity index (χ1) is 9.08. The van der Waals surface area contributed by atoms with Gasteiger partial charge in [0, 0.05) is 13.2 Å². The molecule has 2 fully saturated rings. The second kappa shape index (κ2) is 5.90. The second-order valence-electron chi connectivity index (χ2n) is 6.03. The van der Waals surface area contributed by atoms with Crippen LogP contribution in [0.4, 0.5) is 0 Å². The van der Waals surface area contributed by atoms with E-state index < -0.39 is 11.9 Å². The van der Waals surface area contributed by atoms with Crippen molar-refractivity contribution in [2.45, 2.75) is 44.9 Å². The predicted molar refractivity (Wildman–Crippen MR) is 69.5 cm³/mol. The van der Waals surface area contributed by atoms with E-state index in [-0.39, 0.29) is 23.8 Å². The van der Waals surface area contributed by atoms with Gasteiger partial charge in [-0.15, -0.1) is 0 Å². The molecule has 2 aliphatic carbocycles. The van der Waals surface area contributed by atoms with Crippen molar-refractivity contribution in [1.29, 1.82) is 0 Å². The minimum absolute atomic E-state index is 0.0811. The van der Waals surface area contributed by atoms with Crippen molar-refractivity contribution in [2.24, 2.45) is 17.3 Å². The summed E-state index contributed by atoms with van der Waals surface area (Å²) in [5.74, 6) is -1.87. The number of hydrogen-bond donors (Lipinski definition) is 3. The number of carboxylic acid groups (broad SMARTS) is 1. The summed E-state index contributed by atoms with van der Waals surface area (Å²) < 4.78 is 0. The molecule has 0 saturated heterocycles. The van der Waals surface area contributed by atoms with Crippen molar-refractivity contribution in [2.75, 3.05) is 13.2 Å². The molecule has 0 spiro atoms. The minimum Gasteiger partial charge on any atom is -0.481 e. The van der Waals surface area contributed by atoms with Gasteiger partial charge in [-0.25, -0.2) is 0 Å². The number of aliphatic carboxylic acids is 1. The summed E-state index contributed by atoms with van der Waals surface area (Å²) in [6.45, 7) is 0.728. The molecular formula is C14H23NO4. The van der Waals surface area contributed by atoms with Crippen LogP contribution in [0, 0.1) is 17.3 Å². The van der Waals surface area contributed by atoms with Gasteiger partial charge in [0.2, 0.25) is 5.91 Å². The van der Waals surface area contributed by atoms with Crippen LogP contribution >= 0.6 is 0 Å². The lowest BCUT2D eigenvalue weighted by Gasteiger charge is -2.28. The van der Waals surface area contributed by atoms with Gasteiger partial charge < -0.3 is 15.5 Å². The van der Waals surface area contributed by atoms with E-state index in [4.69, 9.17) is 10.2 Å². The Bertz CT molecular complexity index is 351. The maximum Gasteiger partial charge on any atom is 0.307 e. The Labute approximate surface area is 113 Å². The number of hydrogen-bond acceptors (Lipinski definition) is 3. The SMILES string of the molecule is O=C(O)[C@H]1CCCC[C@H]1C(=O)NCC1(CCO)CC1. The average molecular weight is 269 g/mol. The van der Waals surface area contributed by atoms with Crippen molar-refractivity contribution >= 4 is 11.9 Å². The number of nitrogens with one attached hydrogen (secondary N) is 1. The van der Waals surface area contributed by atoms with E-state index in [1.165, 1.54) is 0 Å². The fourth-order valence-electron chi connectivity index (χ4n) is 3.08. The summed E-state index contributed by atoms with van der Waals surface area (Å²) in [5.41, 5.74) is 0.0811. The molecule has 2 aliphatic rings. The van der Waals surface area contributed by atoms with Crippen LogP contribution in [0.1, 0.15) is 44.9 Å². The van der Waals surface area contributed by atoms with Crippen LogP contribution < -0.4 is 5.32 Å². The number of amides is 1. The fourth-order valence-corrected chi connectivity index (χ4v) is 3.08. The van der Waals surface area contributed by atoms with Crippen LogP contribution in [0.3, 0.4) is 0 Å². The van der Waals surface area contributed by atoms with Gasteiger partial charge in [-0.3, -0.25) is 9.59 Å². The molecule has 0 aromatic rings. The smallest absolute Gasteiger partial charge is 0.307 e. The largest absolute Gasteiger partial charge is 0.481 e.